The van der Waals surface area contributed by atoms with Crippen LogP contribution in [-0.4, -0.2) is 20.8 Å². The van der Waals surface area contributed by atoms with Gasteiger partial charge in [0.25, 0.3) is 0 Å². The number of fused-ring (bicyclic) bond motifs is 2. The average Bonchev–Trinajstić information content (AvgIpc) is 3.10. The second-order valence-corrected chi connectivity index (χ2v) is 5.23. The topological polar surface area (TPSA) is 55.9 Å². The van der Waals surface area contributed by atoms with Crippen LogP contribution in [-0.2, 0) is 19.5 Å². The number of benzene rings is 1. The van der Waals surface area contributed by atoms with Crippen LogP contribution in [0.5, 0.6) is 0 Å². The van der Waals surface area contributed by atoms with E-state index in [1.807, 2.05) is 22.9 Å². The van der Waals surface area contributed by atoms with Crippen LogP contribution < -0.4 is 5.32 Å². The maximum Gasteiger partial charge on any atom is 0.138 e. The highest BCUT2D eigenvalue weighted by molar-refractivity contribution is 5.77. The third-order valence-corrected chi connectivity index (χ3v) is 3.85. The smallest absolute Gasteiger partial charge is 0.138 e. The molecule has 2 aromatic heterocycles. The van der Waals surface area contributed by atoms with Gasteiger partial charge in [0.1, 0.15) is 23.5 Å². The molecule has 102 valence electrons. The Hall–Kier alpha value is -2.14. The third kappa shape index (κ3) is 2.10. The minimum absolute atomic E-state index is 0.428. The number of hydrogen-bond donors (Lipinski definition) is 1. The number of nitrogens with zero attached hydrogens (tertiary/aromatic N) is 3. The highest BCUT2D eigenvalue weighted by Gasteiger charge is 2.19. The first-order valence-electron chi connectivity index (χ1n) is 6.96. The van der Waals surface area contributed by atoms with Crippen LogP contribution in [0.3, 0.4) is 0 Å². The van der Waals surface area contributed by atoms with Gasteiger partial charge in [0.2, 0.25) is 0 Å². The lowest BCUT2D eigenvalue weighted by atomic mass is 10.1. The van der Waals surface area contributed by atoms with E-state index in [9.17, 15) is 0 Å². The maximum atomic E-state index is 5.82. The van der Waals surface area contributed by atoms with E-state index < -0.39 is 0 Å². The Morgan fingerprint density at radius 1 is 1.35 bits per heavy atom. The van der Waals surface area contributed by atoms with Crippen molar-refractivity contribution >= 4 is 11.0 Å². The fourth-order valence-electron chi connectivity index (χ4n) is 2.77. The first kappa shape index (κ1) is 11.7. The summed E-state index contributed by atoms with van der Waals surface area (Å²) in [6, 6.07) is 10.6. The van der Waals surface area contributed by atoms with E-state index in [-0.39, 0.29) is 0 Å². The summed E-state index contributed by atoms with van der Waals surface area (Å²) in [6.45, 7) is 1.64. The summed E-state index contributed by atoms with van der Waals surface area (Å²) in [4.78, 5) is 4.24. The second-order valence-electron chi connectivity index (χ2n) is 5.23. The van der Waals surface area contributed by atoms with Crippen molar-refractivity contribution in [3.63, 3.8) is 0 Å². The summed E-state index contributed by atoms with van der Waals surface area (Å²) in [7, 11) is 0. The minimum Gasteiger partial charge on any atom is -0.460 e. The van der Waals surface area contributed by atoms with Gasteiger partial charge in [-0.25, -0.2) is 9.67 Å². The highest BCUT2D eigenvalue weighted by Crippen LogP contribution is 2.19. The van der Waals surface area contributed by atoms with E-state index in [0.717, 1.165) is 48.5 Å². The predicted molar refractivity (Wildman–Crippen MR) is 75.2 cm³/mol. The van der Waals surface area contributed by atoms with Gasteiger partial charge in [-0.05, 0) is 18.6 Å². The van der Waals surface area contributed by atoms with Gasteiger partial charge in [-0.1, -0.05) is 18.2 Å². The zero-order chi connectivity index (χ0) is 13.4. The Morgan fingerprint density at radius 2 is 2.30 bits per heavy atom. The molecular weight excluding hydrogens is 252 g/mol. The van der Waals surface area contributed by atoms with Crippen molar-refractivity contribution in [2.75, 3.05) is 0 Å². The van der Waals surface area contributed by atoms with Gasteiger partial charge in [-0.3, -0.25) is 0 Å². The monoisotopic (exact) mass is 268 g/mol. The van der Waals surface area contributed by atoms with Crippen molar-refractivity contribution < 1.29 is 4.42 Å². The SMILES string of the molecule is c1ccc2oc(CN[C@@H]3CCc4ncnn4C3)cc2c1. The zero-order valence-electron chi connectivity index (χ0n) is 11.1. The molecule has 5 heteroatoms. The molecule has 0 fully saturated rings. The molecule has 3 aromatic rings. The molecule has 0 unspecified atom stereocenters. The van der Waals surface area contributed by atoms with Crippen LogP contribution in [0.1, 0.15) is 18.0 Å². The van der Waals surface area contributed by atoms with Gasteiger partial charge < -0.3 is 9.73 Å². The third-order valence-electron chi connectivity index (χ3n) is 3.85. The number of nitrogens with one attached hydrogen (secondary N) is 1. The molecule has 5 nitrogen and oxygen atoms in total. The molecule has 1 aromatic carbocycles. The summed E-state index contributed by atoms with van der Waals surface area (Å²) in [5.41, 5.74) is 0.950. The van der Waals surface area contributed by atoms with Gasteiger partial charge in [0, 0.05) is 17.8 Å². The largest absolute Gasteiger partial charge is 0.460 e. The summed E-state index contributed by atoms with van der Waals surface area (Å²) in [5.74, 6) is 2.07. The number of aromatic nitrogens is 3. The number of aryl methyl sites for hydroxylation is 1. The Labute approximate surface area is 116 Å². The molecule has 3 heterocycles. The molecule has 1 aliphatic heterocycles. The molecule has 1 atom stereocenters. The van der Waals surface area contributed by atoms with Crippen LogP contribution in [0.25, 0.3) is 11.0 Å². The average molecular weight is 268 g/mol. The van der Waals surface area contributed by atoms with Crippen LogP contribution in [0.2, 0.25) is 0 Å². The minimum atomic E-state index is 0.428. The van der Waals surface area contributed by atoms with Gasteiger partial charge in [0.05, 0.1) is 13.1 Å². The second kappa shape index (κ2) is 4.76. The normalized spacial score (nSPS) is 18.3. The lowest BCUT2D eigenvalue weighted by Crippen LogP contribution is -2.37. The molecule has 0 aliphatic carbocycles. The van der Waals surface area contributed by atoms with Gasteiger partial charge in [-0.2, -0.15) is 5.10 Å². The van der Waals surface area contributed by atoms with Crippen molar-refractivity contribution in [2.24, 2.45) is 0 Å². The molecule has 20 heavy (non-hydrogen) atoms. The molecule has 0 amide bonds. The molecule has 1 aliphatic rings. The van der Waals surface area contributed by atoms with Crippen molar-refractivity contribution in [2.45, 2.75) is 32.0 Å². The number of hydrogen-bond acceptors (Lipinski definition) is 4. The van der Waals surface area contributed by atoms with Crippen molar-refractivity contribution in [3.05, 3.63) is 48.2 Å². The van der Waals surface area contributed by atoms with Crippen LogP contribution >= 0.6 is 0 Å². The molecule has 0 spiro atoms. The maximum absolute atomic E-state index is 5.82. The lowest BCUT2D eigenvalue weighted by molar-refractivity contribution is 0.347. The van der Waals surface area contributed by atoms with E-state index in [4.69, 9.17) is 4.42 Å². The molecule has 0 saturated carbocycles. The Morgan fingerprint density at radius 3 is 3.25 bits per heavy atom. The fourth-order valence-corrected chi connectivity index (χ4v) is 2.77. The number of furan rings is 1. The number of rotatable bonds is 3. The van der Waals surface area contributed by atoms with E-state index in [0.29, 0.717) is 6.04 Å². The van der Waals surface area contributed by atoms with Gasteiger partial charge in [0.15, 0.2) is 0 Å². The number of para-hydroxylation sites is 1. The van der Waals surface area contributed by atoms with Gasteiger partial charge >= 0.3 is 0 Å². The molecule has 1 N–H and O–H groups in total. The zero-order valence-corrected chi connectivity index (χ0v) is 11.1. The van der Waals surface area contributed by atoms with E-state index in [1.54, 1.807) is 6.33 Å². The Bertz CT molecular complexity index is 697. The molecule has 4 rings (SSSR count). The lowest BCUT2D eigenvalue weighted by Gasteiger charge is -2.23. The molecule has 0 saturated heterocycles. The summed E-state index contributed by atoms with van der Waals surface area (Å²) in [5, 5.41) is 8.94. The fraction of sp³-hybridized carbons (Fsp3) is 0.333. The quantitative estimate of drug-likeness (QED) is 0.790. The van der Waals surface area contributed by atoms with Crippen molar-refractivity contribution in [1.29, 1.82) is 0 Å². The van der Waals surface area contributed by atoms with Gasteiger partial charge in [-0.15, -0.1) is 0 Å². The highest BCUT2D eigenvalue weighted by atomic mass is 16.3. The molecule has 0 radical (unpaired) electrons. The summed E-state index contributed by atoms with van der Waals surface area (Å²) in [6.07, 6.45) is 3.72. The van der Waals surface area contributed by atoms with Crippen LogP contribution in [0.15, 0.2) is 41.1 Å². The van der Waals surface area contributed by atoms with Crippen molar-refractivity contribution in [1.82, 2.24) is 20.1 Å². The summed E-state index contributed by atoms with van der Waals surface area (Å²) < 4.78 is 7.80. The standard InChI is InChI=1S/C15H16N4O/c1-2-4-14-11(3-1)7-13(20-14)8-16-12-5-6-15-17-10-18-19(15)9-12/h1-4,7,10,12,16H,5-6,8-9H2/t12-/m1/s1. The summed E-state index contributed by atoms with van der Waals surface area (Å²) >= 11 is 0. The molecule has 0 bridgehead atoms. The van der Waals surface area contributed by atoms with E-state index in [1.165, 1.54) is 0 Å². The van der Waals surface area contributed by atoms with E-state index in [2.05, 4.69) is 27.5 Å². The van der Waals surface area contributed by atoms with Crippen LogP contribution in [0.4, 0.5) is 0 Å². The molecular formula is C15H16N4O. The Balaban J connectivity index is 1.43. The first-order valence-corrected chi connectivity index (χ1v) is 6.96. The predicted octanol–water partition coefficient (Wildman–Crippen LogP) is 2.13. The van der Waals surface area contributed by atoms with Crippen LogP contribution in [0, 0.1) is 0 Å². The first-order chi connectivity index (χ1) is 9.88. The van der Waals surface area contributed by atoms with Crippen molar-refractivity contribution in [3.8, 4) is 0 Å². The van der Waals surface area contributed by atoms with E-state index >= 15 is 0 Å². The Kier molecular flexibility index (Phi) is 2.77.